The maximum absolute atomic E-state index is 12.7. The molecule has 1 rings (SSSR count). The average Bonchev–Trinajstić information content (AvgIpc) is 2.26. The van der Waals surface area contributed by atoms with Gasteiger partial charge in [-0.05, 0) is 21.5 Å². The van der Waals surface area contributed by atoms with E-state index in [-0.39, 0.29) is 27.2 Å². The van der Waals surface area contributed by atoms with Crippen LogP contribution < -0.4 is 0 Å². The van der Waals surface area contributed by atoms with Gasteiger partial charge in [-0.2, -0.15) is 0 Å². The number of carbonyl (C=O) groups excluding carboxylic acids is 1. The summed E-state index contributed by atoms with van der Waals surface area (Å²) in [6.45, 7) is 0. The van der Waals surface area contributed by atoms with Gasteiger partial charge in [-0.1, -0.05) is 0 Å². The minimum Gasteiger partial charge on any atom is -0.465 e. The third-order valence-corrected chi connectivity index (χ3v) is 2.84. The number of rotatable bonds is 3. The number of halogens is 4. The summed E-state index contributed by atoms with van der Waals surface area (Å²) in [5, 5.41) is 0. The van der Waals surface area contributed by atoms with E-state index in [1.54, 1.807) is 0 Å². The molecule has 0 aliphatic heterocycles. The number of methoxy groups -OCH3 is 1. The van der Waals surface area contributed by atoms with Gasteiger partial charge in [0.1, 0.15) is 4.60 Å². The minimum absolute atomic E-state index is 0.0224. The molecule has 0 radical (unpaired) electrons. The molecule has 0 aliphatic rings. The van der Waals surface area contributed by atoms with Crippen LogP contribution in [0.3, 0.4) is 0 Å². The van der Waals surface area contributed by atoms with Crippen molar-refractivity contribution in [1.29, 1.82) is 0 Å². The van der Waals surface area contributed by atoms with Crippen molar-refractivity contribution < 1.29 is 18.3 Å². The van der Waals surface area contributed by atoms with E-state index in [2.05, 4.69) is 25.7 Å². The molecule has 88 valence electrons. The summed E-state index contributed by atoms with van der Waals surface area (Å²) in [5.41, 5.74) is -0.390. The first-order valence-electron chi connectivity index (χ1n) is 4.12. The third-order valence-electron chi connectivity index (χ3n) is 1.94. The molecule has 0 bridgehead atoms. The van der Waals surface area contributed by atoms with E-state index in [0.717, 1.165) is 13.3 Å². The van der Waals surface area contributed by atoms with Crippen molar-refractivity contribution in [3.05, 3.63) is 27.5 Å². The number of ether oxygens (including phenoxy) is 1. The van der Waals surface area contributed by atoms with Gasteiger partial charge in [-0.15, -0.1) is 11.6 Å². The minimum atomic E-state index is -2.76. The number of alkyl halides is 3. The molecule has 0 aliphatic carbocycles. The predicted molar refractivity (Wildman–Crippen MR) is 57.8 cm³/mol. The van der Waals surface area contributed by atoms with Gasteiger partial charge >= 0.3 is 5.97 Å². The molecular formula is C9H7BrClF2NO2. The summed E-state index contributed by atoms with van der Waals surface area (Å²) >= 11 is 8.46. The Labute approximate surface area is 104 Å². The second-order valence-corrected chi connectivity index (χ2v) is 3.80. The Morgan fingerprint density at radius 1 is 1.69 bits per heavy atom. The first-order valence-corrected chi connectivity index (χ1v) is 5.45. The van der Waals surface area contributed by atoms with Crippen LogP contribution in [-0.4, -0.2) is 18.1 Å². The highest BCUT2D eigenvalue weighted by molar-refractivity contribution is 9.10. The fraction of sp³-hybridized carbons (Fsp3) is 0.333. The molecule has 0 saturated heterocycles. The van der Waals surface area contributed by atoms with E-state index in [4.69, 9.17) is 11.6 Å². The number of hydrogen-bond donors (Lipinski definition) is 0. The second kappa shape index (κ2) is 5.54. The summed E-state index contributed by atoms with van der Waals surface area (Å²) in [6, 6.07) is 0. The zero-order valence-corrected chi connectivity index (χ0v) is 10.5. The third kappa shape index (κ3) is 2.49. The number of aromatic nitrogens is 1. The molecular weight excluding hydrogens is 307 g/mol. The smallest absolute Gasteiger partial charge is 0.339 e. The molecule has 16 heavy (non-hydrogen) atoms. The van der Waals surface area contributed by atoms with E-state index in [0.29, 0.717) is 0 Å². The number of pyridine rings is 1. The van der Waals surface area contributed by atoms with Gasteiger partial charge in [0.15, 0.2) is 0 Å². The number of nitrogens with zero attached hydrogens (tertiary/aromatic N) is 1. The van der Waals surface area contributed by atoms with Gasteiger partial charge in [-0.25, -0.2) is 18.6 Å². The SMILES string of the molecule is COC(=O)c1cnc(Br)c(C(F)F)c1CCl. The van der Waals surface area contributed by atoms with E-state index in [9.17, 15) is 13.6 Å². The molecule has 0 fully saturated rings. The summed E-state index contributed by atoms with van der Waals surface area (Å²) in [5.74, 6) is -0.955. The molecule has 0 amide bonds. The zero-order chi connectivity index (χ0) is 12.3. The van der Waals surface area contributed by atoms with Crippen molar-refractivity contribution in [2.75, 3.05) is 7.11 Å². The number of esters is 1. The van der Waals surface area contributed by atoms with E-state index in [1.165, 1.54) is 0 Å². The molecule has 0 saturated carbocycles. The van der Waals surface area contributed by atoms with Crippen LogP contribution in [0.25, 0.3) is 0 Å². The van der Waals surface area contributed by atoms with Gasteiger partial charge < -0.3 is 4.74 Å². The van der Waals surface area contributed by atoms with Crippen LogP contribution in [0.4, 0.5) is 8.78 Å². The average molecular weight is 315 g/mol. The highest BCUT2D eigenvalue weighted by atomic mass is 79.9. The fourth-order valence-corrected chi connectivity index (χ4v) is 1.99. The van der Waals surface area contributed by atoms with Crippen LogP contribution in [-0.2, 0) is 10.6 Å². The Bertz CT molecular complexity index is 415. The molecule has 1 aromatic rings. The Kier molecular flexibility index (Phi) is 4.61. The van der Waals surface area contributed by atoms with Gasteiger partial charge in [0, 0.05) is 12.1 Å². The number of carbonyl (C=O) groups is 1. The first kappa shape index (κ1) is 13.3. The summed E-state index contributed by atoms with van der Waals surface area (Å²) in [6.07, 6.45) is -1.61. The zero-order valence-electron chi connectivity index (χ0n) is 8.14. The van der Waals surface area contributed by atoms with Crippen LogP contribution >= 0.6 is 27.5 Å². The highest BCUT2D eigenvalue weighted by Crippen LogP contribution is 2.32. The van der Waals surface area contributed by atoms with Crippen LogP contribution in [0.1, 0.15) is 27.9 Å². The predicted octanol–water partition coefficient (Wildman–Crippen LogP) is 3.31. The molecule has 1 aromatic heterocycles. The maximum Gasteiger partial charge on any atom is 0.339 e. The van der Waals surface area contributed by atoms with Crippen LogP contribution in [0.15, 0.2) is 10.8 Å². The summed E-state index contributed by atoms with van der Waals surface area (Å²) < 4.78 is 29.9. The molecule has 7 heteroatoms. The lowest BCUT2D eigenvalue weighted by atomic mass is 10.1. The second-order valence-electron chi connectivity index (χ2n) is 2.78. The van der Waals surface area contributed by atoms with E-state index >= 15 is 0 Å². The van der Waals surface area contributed by atoms with Crippen LogP contribution in [0.2, 0.25) is 0 Å². The Hall–Kier alpha value is -0.750. The lowest BCUT2D eigenvalue weighted by Crippen LogP contribution is -2.09. The highest BCUT2D eigenvalue weighted by Gasteiger charge is 2.23. The molecule has 0 unspecified atom stereocenters. The van der Waals surface area contributed by atoms with Crippen LogP contribution in [0, 0.1) is 0 Å². The number of hydrogen-bond acceptors (Lipinski definition) is 3. The fourth-order valence-electron chi connectivity index (χ4n) is 1.19. The van der Waals surface area contributed by atoms with Crippen molar-refractivity contribution in [2.45, 2.75) is 12.3 Å². The van der Waals surface area contributed by atoms with Gasteiger partial charge in [0.25, 0.3) is 6.43 Å². The summed E-state index contributed by atoms with van der Waals surface area (Å²) in [7, 11) is 1.16. The summed E-state index contributed by atoms with van der Waals surface area (Å²) in [4.78, 5) is 15.0. The van der Waals surface area contributed by atoms with Crippen molar-refractivity contribution in [1.82, 2.24) is 4.98 Å². The molecule has 0 aromatic carbocycles. The van der Waals surface area contributed by atoms with E-state index < -0.39 is 12.4 Å². The first-order chi connectivity index (χ1) is 7.52. The van der Waals surface area contributed by atoms with Crippen molar-refractivity contribution >= 4 is 33.5 Å². The monoisotopic (exact) mass is 313 g/mol. The topological polar surface area (TPSA) is 39.2 Å². The molecule has 0 N–H and O–H groups in total. The lowest BCUT2D eigenvalue weighted by molar-refractivity contribution is 0.0598. The van der Waals surface area contributed by atoms with Crippen molar-refractivity contribution in [2.24, 2.45) is 0 Å². The van der Waals surface area contributed by atoms with Crippen molar-refractivity contribution in [3.63, 3.8) is 0 Å². The molecule has 3 nitrogen and oxygen atoms in total. The molecule has 0 atom stereocenters. The Morgan fingerprint density at radius 2 is 2.31 bits per heavy atom. The Morgan fingerprint density at radius 3 is 2.75 bits per heavy atom. The molecule has 0 spiro atoms. The lowest BCUT2D eigenvalue weighted by Gasteiger charge is -2.11. The standard InChI is InChI=1S/C9H7BrClF2NO2/c1-16-9(15)5-3-14-7(10)6(8(12)13)4(5)2-11/h3,8H,2H2,1H3. The van der Waals surface area contributed by atoms with Gasteiger partial charge in [0.05, 0.1) is 18.2 Å². The van der Waals surface area contributed by atoms with Crippen molar-refractivity contribution in [3.8, 4) is 0 Å². The maximum atomic E-state index is 12.7. The van der Waals surface area contributed by atoms with Gasteiger partial charge in [-0.3, -0.25) is 0 Å². The van der Waals surface area contributed by atoms with E-state index in [1.807, 2.05) is 0 Å². The van der Waals surface area contributed by atoms with Gasteiger partial charge in [0.2, 0.25) is 0 Å². The quantitative estimate of drug-likeness (QED) is 0.488. The molecule has 1 heterocycles. The normalized spacial score (nSPS) is 10.6. The van der Waals surface area contributed by atoms with Crippen LogP contribution in [0.5, 0.6) is 0 Å². The Balaban J connectivity index is 3.42. The largest absolute Gasteiger partial charge is 0.465 e.